The Labute approximate surface area is 43.5 Å². The van der Waals surface area contributed by atoms with E-state index in [0.717, 1.165) is 25.9 Å². The molecule has 1 saturated heterocycles. The first-order chi connectivity index (χ1) is 3.39. The third kappa shape index (κ3) is 1.45. The Kier molecular flexibility index (Phi) is 1.65. The van der Waals surface area contributed by atoms with Crippen LogP contribution in [0.25, 0.3) is 0 Å². The normalized spacial score (nSPS) is 25.3. The Balaban J connectivity index is 2.12. The van der Waals surface area contributed by atoms with E-state index in [1.165, 1.54) is 0 Å². The molecule has 0 radical (unpaired) electrons. The average Bonchev–Trinajstić information content (AvgIpc) is 1.69. The molecule has 7 heavy (non-hydrogen) atoms. The summed E-state index contributed by atoms with van der Waals surface area (Å²) in [7, 11) is 0. The van der Waals surface area contributed by atoms with Crippen molar-refractivity contribution in [2.24, 2.45) is 0 Å². The molecule has 1 fully saturated rings. The quantitative estimate of drug-likeness (QED) is 0.444. The van der Waals surface area contributed by atoms with E-state index in [-0.39, 0.29) is 6.10 Å². The Morgan fingerprint density at radius 2 is 2.00 bits per heavy atom. The van der Waals surface area contributed by atoms with Gasteiger partial charge >= 0.3 is 0 Å². The van der Waals surface area contributed by atoms with Gasteiger partial charge in [-0.3, -0.25) is 0 Å². The number of hydrogen-bond donors (Lipinski definition) is 2. The largest absolute Gasteiger partial charge is 0.393 e. The first kappa shape index (κ1) is 5.06. The Bertz CT molecular complexity index is 50.0. The molecular formula is C5H11NO. The van der Waals surface area contributed by atoms with Gasteiger partial charge in [0.1, 0.15) is 0 Å². The summed E-state index contributed by atoms with van der Waals surface area (Å²) in [4.78, 5) is 0. The first-order valence-corrected chi connectivity index (χ1v) is 2.78. The zero-order valence-corrected chi connectivity index (χ0v) is 4.35. The van der Waals surface area contributed by atoms with Crippen LogP contribution < -0.4 is 5.32 Å². The van der Waals surface area contributed by atoms with Crippen molar-refractivity contribution in [2.75, 3.05) is 13.1 Å². The number of piperidine rings is 1. The van der Waals surface area contributed by atoms with Crippen molar-refractivity contribution in [1.82, 2.24) is 5.32 Å². The third-order valence-corrected chi connectivity index (χ3v) is 1.31. The number of nitrogens with one attached hydrogen (secondary N) is 1. The highest BCUT2D eigenvalue weighted by atomic mass is 16.3. The van der Waals surface area contributed by atoms with Crippen LogP contribution in [0, 0.1) is 0 Å². The smallest absolute Gasteiger partial charge is 0.0564 e. The second kappa shape index (κ2) is 2.28. The second-order valence-corrected chi connectivity index (χ2v) is 1.98. The van der Waals surface area contributed by atoms with E-state index >= 15 is 0 Å². The van der Waals surface area contributed by atoms with Gasteiger partial charge in [0.15, 0.2) is 0 Å². The van der Waals surface area contributed by atoms with Crippen molar-refractivity contribution in [1.29, 1.82) is 0 Å². The first-order valence-electron chi connectivity index (χ1n) is 2.78. The Morgan fingerprint density at radius 3 is 2.29 bits per heavy atom. The van der Waals surface area contributed by atoms with Crippen LogP contribution in [0.3, 0.4) is 0 Å². The molecule has 0 unspecified atom stereocenters. The fraction of sp³-hybridized carbons (Fsp3) is 1.00. The second-order valence-electron chi connectivity index (χ2n) is 1.98. The molecule has 0 aromatic carbocycles. The van der Waals surface area contributed by atoms with Crippen LogP contribution >= 0.6 is 0 Å². The maximum atomic E-state index is 8.87. The molecule has 0 atom stereocenters. The summed E-state index contributed by atoms with van der Waals surface area (Å²) in [5, 5.41) is 12.0. The summed E-state index contributed by atoms with van der Waals surface area (Å²) in [6.07, 6.45) is 1.83. The van der Waals surface area contributed by atoms with Crippen LogP contribution in [0.5, 0.6) is 0 Å². The molecule has 2 nitrogen and oxygen atoms in total. The number of aliphatic hydroxyl groups is 1. The van der Waals surface area contributed by atoms with Crippen LogP contribution in [0.1, 0.15) is 12.8 Å². The lowest BCUT2D eigenvalue weighted by Gasteiger charge is -2.16. The molecule has 0 bridgehead atoms. The van der Waals surface area contributed by atoms with E-state index in [1.807, 2.05) is 0 Å². The van der Waals surface area contributed by atoms with Gasteiger partial charge in [-0.05, 0) is 25.9 Å². The molecular weight excluding hydrogens is 94.0 g/mol. The number of rotatable bonds is 0. The van der Waals surface area contributed by atoms with Crippen LogP contribution in [-0.4, -0.2) is 24.3 Å². The highest BCUT2D eigenvalue weighted by molar-refractivity contribution is 4.65. The Morgan fingerprint density at radius 1 is 1.43 bits per heavy atom. The molecule has 0 aromatic rings. The fourth-order valence-electron chi connectivity index (χ4n) is 0.807. The summed E-state index contributed by atoms with van der Waals surface area (Å²) in [5.74, 6) is 0. The van der Waals surface area contributed by atoms with E-state index in [1.54, 1.807) is 0 Å². The lowest BCUT2D eigenvalue weighted by atomic mass is 10.3. The van der Waals surface area contributed by atoms with Gasteiger partial charge in [-0.1, -0.05) is 0 Å². The maximum Gasteiger partial charge on any atom is 0.0564 e. The minimum atomic E-state index is -0.0266. The molecule has 2 heteroatoms. The van der Waals surface area contributed by atoms with Crippen molar-refractivity contribution >= 4 is 0 Å². The van der Waals surface area contributed by atoms with Gasteiger partial charge in [-0.15, -0.1) is 0 Å². The van der Waals surface area contributed by atoms with Crippen molar-refractivity contribution < 1.29 is 5.11 Å². The standard InChI is InChI=1S/C5H11NO/c7-5-1-3-6-4-2-5/h5-7H,1-4H2/i3+2,4+2. The molecule has 1 heterocycles. The molecule has 0 amide bonds. The van der Waals surface area contributed by atoms with Gasteiger partial charge in [-0.2, -0.15) is 0 Å². The lowest BCUT2D eigenvalue weighted by Crippen LogP contribution is -2.30. The fourth-order valence-corrected chi connectivity index (χ4v) is 0.807. The monoisotopic (exact) mass is 105 g/mol. The molecule has 0 saturated carbocycles. The predicted molar refractivity (Wildman–Crippen MR) is 28.1 cm³/mol. The van der Waals surface area contributed by atoms with Gasteiger partial charge < -0.3 is 10.4 Å². The molecule has 2 N–H and O–H groups in total. The van der Waals surface area contributed by atoms with E-state index in [0.29, 0.717) is 0 Å². The summed E-state index contributed by atoms with van der Waals surface area (Å²) < 4.78 is 0. The molecule has 42 valence electrons. The van der Waals surface area contributed by atoms with Crippen LogP contribution in [0.4, 0.5) is 0 Å². The molecule has 1 aliphatic heterocycles. The lowest BCUT2D eigenvalue weighted by molar-refractivity contribution is 0.137. The number of hydrogen-bond acceptors (Lipinski definition) is 2. The SMILES string of the molecule is OC1C[14CH2]N[14CH2]C1. The molecule has 0 spiro atoms. The zero-order chi connectivity index (χ0) is 5.11. The predicted octanol–water partition coefficient (Wildman–Crippen LogP) is -0.269. The van der Waals surface area contributed by atoms with Gasteiger partial charge in [0.2, 0.25) is 0 Å². The van der Waals surface area contributed by atoms with Crippen LogP contribution in [0.15, 0.2) is 0 Å². The van der Waals surface area contributed by atoms with Crippen molar-refractivity contribution in [2.45, 2.75) is 18.9 Å². The topological polar surface area (TPSA) is 32.3 Å². The minimum Gasteiger partial charge on any atom is -0.393 e. The Hall–Kier alpha value is -0.0800. The average molecular weight is 105 g/mol. The molecule has 1 aliphatic rings. The summed E-state index contributed by atoms with van der Waals surface area (Å²) in [5.41, 5.74) is 0. The summed E-state index contributed by atoms with van der Waals surface area (Å²) in [6, 6.07) is 0. The van der Waals surface area contributed by atoms with Crippen molar-refractivity contribution in [3.8, 4) is 0 Å². The summed E-state index contributed by atoms with van der Waals surface area (Å²) in [6.45, 7) is 1.97. The van der Waals surface area contributed by atoms with Crippen molar-refractivity contribution in [3.63, 3.8) is 0 Å². The highest BCUT2D eigenvalue weighted by Crippen LogP contribution is 1.99. The van der Waals surface area contributed by atoms with Crippen LogP contribution in [-0.2, 0) is 0 Å². The van der Waals surface area contributed by atoms with E-state index in [2.05, 4.69) is 5.32 Å². The van der Waals surface area contributed by atoms with E-state index in [9.17, 15) is 0 Å². The van der Waals surface area contributed by atoms with Gasteiger partial charge in [0, 0.05) is 0 Å². The third-order valence-electron chi connectivity index (χ3n) is 1.31. The number of aliphatic hydroxyl groups excluding tert-OH is 1. The molecule has 0 aliphatic carbocycles. The highest BCUT2D eigenvalue weighted by Gasteiger charge is 2.06. The zero-order valence-electron chi connectivity index (χ0n) is 4.35. The molecule has 0 aromatic heterocycles. The summed E-state index contributed by atoms with van der Waals surface area (Å²) >= 11 is 0. The van der Waals surface area contributed by atoms with E-state index in [4.69, 9.17) is 5.11 Å². The molecule has 1 rings (SSSR count). The van der Waals surface area contributed by atoms with Gasteiger partial charge in [0.05, 0.1) is 6.10 Å². The van der Waals surface area contributed by atoms with E-state index < -0.39 is 0 Å². The van der Waals surface area contributed by atoms with Gasteiger partial charge in [-0.25, -0.2) is 0 Å². The van der Waals surface area contributed by atoms with Crippen LogP contribution in [0.2, 0.25) is 0 Å². The van der Waals surface area contributed by atoms with Gasteiger partial charge in [0.25, 0.3) is 0 Å². The minimum absolute atomic E-state index is 0.0266. The van der Waals surface area contributed by atoms with Crippen molar-refractivity contribution in [3.05, 3.63) is 0 Å². The maximum absolute atomic E-state index is 8.87.